The van der Waals surface area contributed by atoms with E-state index >= 15 is 0 Å². The Labute approximate surface area is 132 Å². The van der Waals surface area contributed by atoms with E-state index in [1.165, 1.54) is 6.33 Å². The maximum absolute atomic E-state index is 6.04. The van der Waals surface area contributed by atoms with Crippen molar-refractivity contribution in [3.63, 3.8) is 0 Å². The zero-order chi connectivity index (χ0) is 15.9. The molecule has 0 aliphatic carbocycles. The van der Waals surface area contributed by atoms with E-state index < -0.39 is 5.79 Å². The molecule has 23 heavy (non-hydrogen) atoms. The van der Waals surface area contributed by atoms with Crippen molar-refractivity contribution in [1.29, 1.82) is 0 Å². The van der Waals surface area contributed by atoms with E-state index in [4.69, 9.17) is 18.6 Å². The molecule has 3 aromatic rings. The van der Waals surface area contributed by atoms with Crippen LogP contribution in [0, 0.1) is 6.92 Å². The third kappa shape index (κ3) is 2.38. The number of aromatic amines is 1. The van der Waals surface area contributed by atoms with Crippen molar-refractivity contribution in [3.8, 4) is 5.75 Å². The van der Waals surface area contributed by atoms with E-state index in [9.17, 15) is 0 Å². The summed E-state index contributed by atoms with van der Waals surface area (Å²) in [5.41, 5.74) is 1.78. The smallest absolute Gasteiger partial charge is 0.235 e. The van der Waals surface area contributed by atoms with Gasteiger partial charge in [-0.3, -0.25) is 5.10 Å². The molecule has 0 radical (unpaired) electrons. The SMILES string of the molecule is COc1cc(C)cc2cc(C3(Cc4ncn[nH]4)OCCO3)oc12. The molecule has 1 aromatic carbocycles. The number of ether oxygens (including phenoxy) is 3. The minimum Gasteiger partial charge on any atom is -0.493 e. The lowest BCUT2D eigenvalue weighted by Crippen LogP contribution is -2.30. The Morgan fingerprint density at radius 1 is 1.26 bits per heavy atom. The molecule has 0 bridgehead atoms. The number of aromatic nitrogens is 3. The summed E-state index contributed by atoms with van der Waals surface area (Å²) < 4.78 is 23.2. The fourth-order valence-electron chi connectivity index (χ4n) is 2.93. The van der Waals surface area contributed by atoms with Crippen LogP contribution in [-0.2, 0) is 21.7 Å². The quantitative estimate of drug-likeness (QED) is 0.795. The number of nitrogens with zero attached hydrogens (tertiary/aromatic N) is 2. The topological polar surface area (TPSA) is 82.4 Å². The molecule has 1 saturated heterocycles. The van der Waals surface area contributed by atoms with Crippen LogP contribution in [0.1, 0.15) is 17.1 Å². The number of H-pyrrole nitrogens is 1. The van der Waals surface area contributed by atoms with Crippen LogP contribution in [0.15, 0.2) is 28.9 Å². The van der Waals surface area contributed by atoms with Gasteiger partial charge in [0.1, 0.15) is 12.2 Å². The van der Waals surface area contributed by atoms with Gasteiger partial charge < -0.3 is 18.6 Å². The molecular weight excluding hydrogens is 298 g/mol. The van der Waals surface area contributed by atoms with Gasteiger partial charge in [-0.2, -0.15) is 5.10 Å². The van der Waals surface area contributed by atoms with Crippen molar-refractivity contribution in [2.24, 2.45) is 0 Å². The Balaban J connectivity index is 1.81. The molecule has 3 heterocycles. The molecule has 120 valence electrons. The van der Waals surface area contributed by atoms with Gasteiger partial charge in [0.15, 0.2) is 17.1 Å². The summed E-state index contributed by atoms with van der Waals surface area (Å²) in [6, 6.07) is 5.92. The van der Waals surface area contributed by atoms with Gasteiger partial charge in [-0.15, -0.1) is 0 Å². The van der Waals surface area contributed by atoms with Crippen molar-refractivity contribution in [2.45, 2.75) is 19.1 Å². The highest BCUT2D eigenvalue weighted by molar-refractivity contribution is 5.84. The first-order chi connectivity index (χ1) is 11.2. The molecule has 1 N–H and O–H groups in total. The maximum Gasteiger partial charge on any atom is 0.235 e. The first kappa shape index (κ1) is 14.2. The second-order valence-corrected chi connectivity index (χ2v) is 5.55. The number of nitrogens with one attached hydrogen (secondary N) is 1. The third-order valence-corrected chi connectivity index (χ3v) is 3.94. The van der Waals surface area contributed by atoms with E-state index in [0.29, 0.717) is 42.6 Å². The normalized spacial score (nSPS) is 17.0. The molecule has 2 aromatic heterocycles. The van der Waals surface area contributed by atoms with Crippen LogP contribution in [0.4, 0.5) is 0 Å². The summed E-state index contributed by atoms with van der Waals surface area (Å²) in [7, 11) is 1.63. The summed E-state index contributed by atoms with van der Waals surface area (Å²) >= 11 is 0. The van der Waals surface area contributed by atoms with E-state index in [2.05, 4.69) is 15.2 Å². The summed E-state index contributed by atoms with van der Waals surface area (Å²) in [5.74, 6) is 0.983. The van der Waals surface area contributed by atoms with Crippen LogP contribution in [-0.4, -0.2) is 35.5 Å². The lowest BCUT2D eigenvalue weighted by molar-refractivity contribution is -0.177. The molecule has 0 amide bonds. The maximum atomic E-state index is 6.04. The molecule has 7 nitrogen and oxygen atoms in total. The third-order valence-electron chi connectivity index (χ3n) is 3.94. The van der Waals surface area contributed by atoms with Gasteiger partial charge in [0.25, 0.3) is 0 Å². The molecule has 4 rings (SSSR count). The van der Waals surface area contributed by atoms with Crippen molar-refractivity contribution in [1.82, 2.24) is 15.2 Å². The lowest BCUT2D eigenvalue weighted by Gasteiger charge is -2.23. The molecule has 0 saturated carbocycles. The molecular formula is C16H17N3O4. The van der Waals surface area contributed by atoms with Crippen molar-refractivity contribution >= 4 is 11.0 Å². The fourth-order valence-corrected chi connectivity index (χ4v) is 2.93. The Hall–Kier alpha value is -2.38. The van der Waals surface area contributed by atoms with E-state index in [0.717, 1.165) is 10.9 Å². The minimum atomic E-state index is -0.989. The fraction of sp³-hybridized carbons (Fsp3) is 0.375. The monoisotopic (exact) mass is 315 g/mol. The van der Waals surface area contributed by atoms with E-state index in [1.54, 1.807) is 7.11 Å². The highest BCUT2D eigenvalue weighted by Crippen LogP contribution is 2.40. The molecule has 0 spiro atoms. The van der Waals surface area contributed by atoms with Crippen LogP contribution in [0.2, 0.25) is 0 Å². The standard InChI is InChI=1S/C16H17N3O4/c1-10-5-11-7-13(23-15(11)12(6-10)20-2)16(21-3-4-22-16)8-14-17-9-18-19-14/h5-7,9H,3-4,8H2,1-2H3,(H,17,18,19). The lowest BCUT2D eigenvalue weighted by atomic mass is 10.1. The molecule has 1 aliphatic heterocycles. The van der Waals surface area contributed by atoms with Gasteiger partial charge in [0.2, 0.25) is 5.79 Å². The van der Waals surface area contributed by atoms with Crippen LogP contribution in [0.25, 0.3) is 11.0 Å². The molecule has 7 heteroatoms. The Kier molecular flexibility index (Phi) is 3.32. The minimum absolute atomic E-state index is 0.397. The zero-order valence-electron chi connectivity index (χ0n) is 13.0. The van der Waals surface area contributed by atoms with Gasteiger partial charge in [0.05, 0.1) is 26.7 Å². The second kappa shape index (κ2) is 5.36. The first-order valence-electron chi connectivity index (χ1n) is 7.41. The van der Waals surface area contributed by atoms with Gasteiger partial charge in [0, 0.05) is 5.39 Å². The Morgan fingerprint density at radius 3 is 2.78 bits per heavy atom. The van der Waals surface area contributed by atoms with Crippen LogP contribution < -0.4 is 4.74 Å². The van der Waals surface area contributed by atoms with Crippen molar-refractivity contribution < 1.29 is 18.6 Å². The molecule has 1 aliphatic rings. The summed E-state index contributed by atoms with van der Waals surface area (Å²) in [4.78, 5) is 4.16. The summed E-state index contributed by atoms with van der Waals surface area (Å²) in [6.45, 7) is 3.02. The van der Waals surface area contributed by atoms with Crippen molar-refractivity contribution in [2.75, 3.05) is 20.3 Å². The summed E-state index contributed by atoms with van der Waals surface area (Å²) in [6.07, 6.45) is 1.86. The largest absolute Gasteiger partial charge is 0.493 e. The van der Waals surface area contributed by atoms with Crippen LogP contribution in [0.5, 0.6) is 5.75 Å². The van der Waals surface area contributed by atoms with Gasteiger partial charge in [-0.1, -0.05) is 0 Å². The molecule has 1 fully saturated rings. The summed E-state index contributed by atoms with van der Waals surface area (Å²) in [5, 5.41) is 7.66. The zero-order valence-corrected chi connectivity index (χ0v) is 13.0. The van der Waals surface area contributed by atoms with Gasteiger partial charge in [-0.25, -0.2) is 4.98 Å². The average Bonchev–Trinajstić information content (AvgIpc) is 3.26. The second-order valence-electron chi connectivity index (χ2n) is 5.55. The van der Waals surface area contributed by atoms with Gasteiger partial charge >= 0.3 is 0 Å². The van der Waals surface area contributed by atoms with Crippen LogP contribution in [0.3, 0.4) is 0 Å². The molecule has 0 atom stereocenters. The number of hydrogen-bond donors (Lipinski definition) is 1. The van der Waals surface area contributed by atoms with Gasteiger partial charge in [-0.05, 0) is 30.7 Å². The first-order valence-corrected chi connectivity index (χ1v) is 7.41. The van der Waals surface area contributed by atoms with E-state index in [-0.39, 0.29) is 0 Å². The number of fused-ring (bicyclic) bond motifs is 1. The molecule has 0 unspecified atom stereocenters. The Morgan fingerprint density at radius 2 is 2.09 bits per heavy atom. The highest BCUT2D eigenvalue weighted by atomic mass is 16.7. The average molecular weight is 315 g/mol. The number of aryl methyl sites for hydroxylation is 1. The Bertz CT molecular complexity index is 819. The number of benzene rings is 1. The predicted octanol–water partition coefficient (Wildman–Crippen LogP) is 2.31. The predicted molar refractivity (Wildman–Crippen MR) is 81.2 cm³/mol. The van der Waals surface area contributed by atoms with Crippen LogP contribution >= 0.6 is 0 Å². The number of furan rings is 1. The highest BCUT2D eigenvalue weighted by Gasteiger charge is 2.43. The number of hydrogen-bond acceptors (Lipinski definition) is 6. The van der Waals surface area contributed by atoms with Crippen molar-refractivity contribution in [3.05, 3.63) is 41.7 Å². The number of rotatable bonds is 4. The number of methoxy groups -OCH3 is 1. The van der Waals surface area contributed by atoms with E-state index in [1.807, 2.05) is 25.1 Å².